The second-order valence-electron chi connectivity index (χ2n) is 4.89. The van der Waals surface area contributed by atoms with E-state index in [2.05, 4.69) is 10.6 Å². The Morgan fingerprint density at radius 1 is 1.09 bits per heavy atom. The van der Waals surface area contributed by atoms with Gasteiger partial charge >= 0.3 is 5.97 Å². The van der Waals surface area contributed by atoms with Crippen LogP contribution >= 0.6 is 11.8 Å². The summed E-state index contributed by atoms with van der Waals surface area (Å²) in [4.78, 5) is 34.6. The highest BCUT2D eigenvalue weighted by Crippen LogP contribution is 2.18. The molecule has 126 valence electrons. The predicted molar refractivity (Wildman–Crippen MR) is 91.5 cm³/mol. The van der Waals surface area contributed by atoms with Gasteiger partial charge in [0.1, 0.15) is 0 Å². The normalized spacial score (nSPS) is 10.0. The number of thioether (sulfide) groups is 1. The van der Waals surface area contributed by atoms with Gasteiger partial charge in [-0.1, -0.05) is 18.2 Å². The van der Waals surface area contributed by atoms with Crippen LogP contribution in [0.4, 0.5) is 5.69 Å². The van der Waals surface area contributed by atoms with Crippen LogP contribution in [-0.2, 0) is 19.1 Å². The molecule has 0 heterocycles. The molecule has 7 heteroatoms. The maximum Gasteiger partial charge on any atom is 0.315 e. The summed E-state index contributed by atoms with van der Waals surface area (Å²) >= 11 is 1.15. The summed E-state index contributed by atoms with van der Waals surface area (Å²) in [5.41, 5.74) is 2.70. The number of hydrogen-bond acceptors (Lipinski definition) is 5. The number of aryl methyl sites for hydroxylation is 2. The largest absolute Gasteiger partial charge is 0.465 e. The first-order valence-electron chi connectivity index (χ1n) is 7.30. The third-order valence-corrected chi connectivity index (χ3v) is 3.86. The molecule has 0 spiro atoms. The molecular weight excluding hydrogens is 316 g/mol. The van der Waals surface area contributed by atoms with Crippen LogP contribution in [0.15, 0.2) is 18.2 Å². The van der Waals surface area contributed by atoms with E-state index in [1.165, 1.54) is 0 Å². The number of anilines is 1. The number of esters is 1. The molecular formula is C16H22N2O4S. The molecule has 23 heavy (non-hydrogen) atoms. The number of rotatable bonds is 8. The molecule has 2 amide bonds. The summed E-state index contributed by atoms with van der Waals surface area (Å²) in [7, 11) is 0. The fourth-order valence-corrected chi connectivity index (χ4v) is 2.49. The minimum Gasteiger partial charge on any atom is -0.465 e. The van der Waals surface area contributed by atoms with Gasteiger partial charge in [-0.15, -0.1) is 11.8 Å². The molecule has 2 N–H and O–H groups in total. The van der Waals surface area contributed by atoms with Crippen LogP contribution in [0.1, 0.15) is 18.1 Å². The van der Waals surface area contributed by atoms with Crippen molar-refractivity contribution in [1.29, 1.82) is 0 Å². The Kier molecular flexibility index (Phi) is 8.18. The highest BCUT2D eigenvalue weighted by Gasteiger charge is 2.10. The summed E-state index contributed by atoms with van der Waals surface area (Å²) in [5.74, 6) is -0.703. The first-order chi connectivity index (χ1) is 10.9. The second-order valence-corrected chi connectivity index (χ2v) is 5.88. The zero-order valence-corrected chi connectivity index (χ0v) is 14.4. The van der Waals surface area contributed by atoms with Crippen molar-refractivity contribution in [2.24, 2.45) is 0 Å². The number of carbonyl (C=O) groups excluding carboxylic acids is 3. The SMILES string of the molecule is CCOC(=O)CSCC(=O)NCC(=O)Nc1c(C)cccc1C. The summed E-state index contributed by atoms with van der Waals surface area (Å²) < 4.78 is 4.76. The number of carbonyl (C=O) groups is 3. The summed E-state index contributed by atoms with van der Waals surface area (Å²) in [6.07, 6.45) is 0. The van der Waals surface area contributed by atoms with Gasteiger partial charge in [0.15, 0.2) is 0 Å². The maximum atomic E-state index is 11.9. The molecule has 0 aliphatic rings. The average Bonchev–Trinajstić information content (AvgIpc) is 2.49. The van der Waals surface area contributed by atoms with Crippen molar-refractivity contribution in [3.8, 4) is 0 Å². The third kappa shape index (κ3) is 7.19. The quantitative estimate of drug-likeness (QED) is 0.704. The van der Waals surface area contributed by atoms with Crippen molar-refractivity contribution in [3.05, 3.63) is 29.3 Å². The van der Waals surface area contributed by atoms with Gasteiger partial charge in [-0.05, 0) is 31.9 Å². The van der Waals surface area contributed by atoms with Crippen molar-refractivity contribution >= 4 is 35.2 Å². The Labute approximate surface area is 140 Å². The van der Waals surface area contributed by atoms with Crippen molar-refractivity contribution in [2.45, 2.75) is 20.8 Å². The van der Waals surface area contributed by atoms with E-state index in [4.69, 9.17) is 4.74 Å². The van der Waals surface area contributed by atoms with E-state index < -0.39 is 0 Å². The topological polar surface area (TPSA) is 84.5 Å². The Morgan fingerprint density at radius 2 is 1.74 bits per heavy atom. The Hall–Kier alpha value is -2.02. The van der Waals surface area contributed by atoms with Crippen molar-refractivity contribution < 1.29 is 19.1 Å². The molecule has 0 aromatic heterocycles. The smallest absolute Gasteiger partial charge is 0.315 e. The monoisotopic (exact) mass is 338 g/mol. The Bertz CT molecular complexity index is 555. The van der Waals surface area contributed by atoms with Gasteiger partial charge in [0.25, 0.3) is 0 Å². The molecule has 0 saturated heterocycles. The molecule has 0 radical (unpaired) electrons. The van der Waals surface area contributed by atoms with Gasteiger partial charge in [0.05, 0.1) is 24.7 Å². The maximum absolute atomic E-state index is 11.9. The molecule has 0 atom stereocenters. The van der Waals surface area contributed by atoms with Gasteiger partial charge in [0.2, 0.25) is 11.8 Å². The lowest BCUT2D eigenvalue weighted by atomic mass is 10.1. The van der Waals surface area contributed by atoms with Crippen LogP contribution in [0.2, 0.25) is 0 Å². The Balaban J connectivity index is 2.30. The minimum atomic E-state index is -0.349. The molecule has 0 unspecified atom stereocenters. The standard InChI is InChI=1S/C16H22N2O4S/c1-4-22-15(21)10-23-9-14(20)17-8-13(19)18-16-11(2)6-5-7-12(16)3/h5-7H,4,8-10H2,1-3H3,(H,17,20)(H,18,19). The molecule has 0 aliphatic carbocycles. The minimum absolute atomic E-state index is 0.105. The van der Waals surface area contributed by atoms with Crippen molar-refractivity contribution in [1.82, 2.24) is 5.32 Å². The van der Waals surface area contributed by atoms with Crippen LogP contribution < -0.4 is 10.6 Å². The van der Waals surface area contributed by atoms with E-state index >= 15 is 0 Å². The molecule has 1 rings (SSSR count). The fraction of sp³-hybridized carbons (Fsp3) is 0.438. The predicted octanol–water partition coefficient (Wildman–Crippen LogP) is 1.65. The van der Waals surface area contributed by atoms with Crippen LogP contribution in [0.3, 0.4) is 0 Å². The van der Waals surface area contributed by atoms with E-state index in [-0.39, 0.29) is 35.8 Å². The first-order valence-corrected chi connectivity index (χ1v) is 8.45. The van der Waals surface area contributed by atoms with Gasteiger partial charge in [-0.3, -0.25) is 14.4 Å². The van der Waals surface area contributed by atoms with Crippen molar-refractivity contribution in [3.63, 3.8) is 0 Å². The summed E-state index contributed by atoms with van der Waals surface area (Å²) in [5, 5.41) is 5.31. The van der Waals surface area contributed by atoms with Gasteiger partial charge in [0, 0.05) is 5.69 Å². The van der Waals surface area contributed by atoms with Gasteiger partial charge < -0.3 is 15.4 Å². The zero-order chi connectivity index (χ0) is 17.2. The molecule has 6 nitrogen and oxygen atoms in total. The summed E-state index contributed by atoms with van der Waals surface area (Å²) in [6, 6.07) is 5.74. The molecule has 1 aromatic rings. The lowest BCUT2D eigenvalue weighted by Gasteiger charge is -2.11. The Morgan fingerprint density at radius 3 is 2.35 bits per heavy atom. The van der Waals surface area contributed by atoms with E-state index in [9.17, 15) is 14.4 Å². The molecule has 0 aliphatic heterocycles. The van der Waals surface area contributed by atoms with Crippen LogP contribution in [-0.4, -0.2) is 42.4 Å². The number of amides is 2. The molecule has 0 fully saturated rings. The summed E-state index contributed by atoms with van der Waals surface area (Å²) in [6.45, 7) is 5.77. The van der Waals surface area contributed by atoms with Crippen molar-refractivity contribution in [2.75, 3.05) is 30.0 Å². The molecule has 0 bridgehead atoms. The lowest BCUT2D eigenvalue weighted by Crippen LogP contribution is -2.34. The van der Waals surface area contributed by atoms with Crippen LogP contribution in [0.5, 0.6) is 0 Å². The lowest BCUT2D eigenvalue weighted by molar-refractivity contribution is -0.139. The number of benzene rings is 1. The second kappa shape index (κ2) is 9.89. The van der Waals surface area contributed by atoms with Crippen LogP contribution in [0, 0.1) is 13.8 Å². The third-order valence-electron chi connectivity index (χ3n) is 2.95. The van der Waals surface area contributed by atoms with E-state index in [0.717, 1.165) is 28.6 Å². The number of para-hydroxylation sites is 1. The molecule has 1 aromatic carbocycles. The highest BCUT2D eigenvalue weighted by atomic mass is 32.2. The molecule has 0 saturated carbocycles. The van der Waals surface area contributed by atoms with E-state index in [1.54, 1.807) is 6.92 Å². The van der Waals surface area contributed by atoms with Gasteiger partial charge in [-0.2, -0.15) is 0 Å². The van der Waals surface area contributed by atoms with E-state index in [1.807, 2.05) is 32.0 Å². The van der Waals surface area contributed by atoms with Crippen LogP contribution in [0.25, 0.3) is 0 Å². The fourth-order valence-electron chi connectivity index (χ4n) is 1.85. The average molecular weight is 338 g/mol. The highest BCUT2D eigenvalue weighted by molar-refractivity contribution is 8.00. The van der Waals surface area contributed by atoms with Gasteiger partial charge in [-0.25, -0.2) is 0 Å². The van der Waals surface area contributed by atoms with E-state index in [0.29, 0.717) is 6.61 Å². The first kappa shape index (κ1) is 19.0. The zero-order valence-electron chi connectivity index (χ0n) is 13.6. The number of nitrogens with one attached hydrogen (secondary N) is 2. The number of ether oxygens (including phenoxy) is 1. The number of hydrogen-bond donors (Lipinski definition) is 2.